The van der Waals surface area contributed by atoms with Gasteiger partial charge in [0.1, 0.15) is 11.3 Å². The maximum atomic E-state index is 11.6. The molecule has 1 aromatic heterocycles. The summed E-state index contributed by atoms with van der Waals surface area (Å²) in [5, 5.41) is 0.879. The first-order chi connectivity index (χ1) is 8.75. The van der Waals surface area contributed by atoms with E-state index in [9.17, 15) is 4.79 Å². The SMILES string of the molecule is CC(=O)c1cccc2oc(-c3ccccc3)cc12. The summed E-state index contributed by atoms with van der Waals surface area (Å²) in [6.45, 7) is 1.57. The van der Waals surface area contributed by atoms with Crippen LogP contribution in [0.2, 0.25) is 0 Å². The molecule has 0 aliphatic heterocycles. The van der Waals surface area contributed by atoms with Crippen LogP contribution in [0.5, 0.6) is 0 Å². The van der Waals surface area contributed by atoms with Crippen LogP contribution >= 0.6 is 0 Å². The van der Waals surface area contributed by atoms with Crippen molar-refractivity contribution in [3.8, 4) is 11.3 Å². The minimum atomic E-state index is 0.0565. The third kappa shape index (κ3) is 1.72. The first-order valence-electron chi connectivity index (χ1n) is 5.84. The Labute approximate surface area is 105 Å². The molecule has 0 radical (unpaired) electrons. The lowest BCUT2D eigenvalue weighted by Crippen LogP contribution is -1.90. The molecule has 2 aromatic carbocycles. The fourth-order valence-corrected chi connectivity index (χ4v) is 2.11. The van der Waals surface area contributed by atoms with Gasteiger partial charge in [-0.05, 0) is 19.1 Å². The average molecular weight is 236 g/mol. The van der Waals surface area contributed by atoms with Crippen molar-refractivity contribution in [2.24, 2.45) is 0 Å². The highest BCUT2D eigenvalue weighted by atomic mass is 16.3. The predicted molar refractivity (Wildman–Crippen MR) is 71.7 cm³/mol. The molecule has 0 bridgehead atoms. The summed E-state index contributed by atoms with van der Waals surface area (Å²) in [4.78, 5) is 11.6. The van der Waals surface area contributed by atoms with E-state index in [4.69, 9.17) is 4.42 Å². The number of benzene rings is 2. The summed E-state index contributed by atoms with van der Waals surface area (Å²) in [7, 11) is 0. The number of rotatable bonds is 2. The van der Waals surface area contributed by atoms with Gasteiger partial charge in [0.2, 0.25) is 0 Å². The number of hydrogen-bond acceptors (Lipinski definition) is 2. The fourth-order valence-electron chi connectivity index (χ4n) is 2.11. The highest BCUT2D eigenvalue weighted by Gasteiger charge is 2.11. The summed E-state index contributed by atoms with van der Waals surface area (Å²) in [5.74, 6) is 0.848. The van der Waals surface area contributed by atoms with E-state index in [2.05, 4.69) is 0 Å². The van der Waals surface area contributed by atoms with Crippen molar-refractivity contribution in [2.75, 3.05) is 0 Å². The maximum absolute atomic E-state index is 11.6. The second-order valence-electron chi connectivity index (χ2n) is 4.25. The Morgan fingerprint density at radius 1 is 1.00 bits per heavy atom. The standard InChI is InChI=1S/C16H12O2/c1-11(17)13-8-5-9-15-14(13)10-16(18-15)12-6-3-2-4-7-12/h2-10H,1H3. The first-order valence-corrected chi connectivity index (χ1v) is 5.84. The van der Waals surface area contributed by atoms with E-state index in [0.29, 0.717) is 5.56 Å². The van der Waals surface area contributed by atoms with E-state index in [1.165, 1.54) is 0 Å². The van der Waals surface area contributed by atoms with Crippen molar-refractivity contribution < 1.29 is 9.21 Å². The monoisotopic (exact) mass is 236 g/mol. The summed E-state index contributed by atoms with van der Waals surface area (Å²) in [6, 6.07) is 17.4. The van der Waals surface area contributed by atoms with Crippen molar-refractivity contribution in [3.63, 3.8) is 0 Å². The van der Waals surface area contributed by atoms with Crippen molar-refractivity contribution in [1.82, 2.24) is 0 Å². The van der Waals surface area contributed by atoms with Crippen LogP contribution in [-0.4, -0.2) is 5.78 Å². The zero-order valence-corrected chi connectivity index (χ0v) is 10.0. The second kappa shape index (κ2) is 4.15. The molecule has 0 atom stereocenters. The van der Waals surface area contributed by atoms with Gasteiger partial charge in [-0.25, -0.2) is 0 Å². The van der Waals surface area contributed by atoms with Crippen LogP contribution in [-0.2, 0) is 0 Å². The van der Waals surface area contributed by atoms with E-state index in [1.807, 2.05) is 54.6 Å². The molecule has 0 unspecified atom stereocenters. The molecule has 18 heavy (non-hydrogen) atoms. The molecule has 2 nitrogen and oxygen atoms in total. The molecule has 88 valence electrons. The third-order valence-corrected chi connectivity index (χ3v) is 3.00. The molecule has 0 saturated heterocycles. The van der Waals surface area contributed by atoms with Gasteiger partial charge >= 0.3 is 0 Å². The summed E-state index contributed by atoms with van der Waals surface area (Å²) in [5.41, 5.74) is 2.48. The Kier molecular flexibility index (Phi) is 2.49. The van der Waals surface area contributed by atoms with Crippen LogP contribution in [0.4, 0.5) is 0 Å². The second-order valence-corrected chi connectivity index (χ2v) is 4.25. The molecule has 3 rings (SSSR count). The third-order valence-electron chi connectivity index (χ3n) is 3.00. The molecule has 0 N–H and O–H groups in total. The van der Waals surface area contributed by atoms with Gasteiger partial charge in [0.05, 0.1) is 0 Å². The van der Waals surface area contributed by atoms with Crippen molar-refractivity contribution in [2.45, 2.75) is 6.92 Å². The van der Waals surface area contributed by atoms with E-state index in [0.717, 1.165) is 22.3 Å². The number of carbonyl (C=O) groups is 1. The van der Waals surface area contributed by atoms with Crippen LogP contribution < -0.4 is 0 Å². The highest BCUT2D eigenvalue weighted by molar-refractivity contribution is 6.06. The topological polar surface area (TPSA) is 30.2 Å². The Hall–Kier alpha value is -2.35. The molecule has 0 spiro atoms. The zero-order valence-electron chi connectivity index (χ0n) is 10.0. The highest BCUT2D eigenvalue weighted by Crippen LogP contribution is 2.29. The lowest BCUT2D eigenvalue weighted by molar-refractivity contribution is 0.101. The largest absolute Gasteiger partial charge is 0.456 e. The number of fused-ring (bicyclic) bond motifs is 1. The van der Waals surface area contributed by atoms with Crippen molar-refractivity contribution in [3.05, 3.63) is 60.2 Å². The van der Waals surface area contributed by atoms with Crippen LogP contribution in [0, 0.1) is 0 Å². The van der Waals surface area contributed by atoms with Crippen LogP contribution in [0.25, 0.3) is 22.3 Å². The minimum absolute atomic E-state index is 0.0565. The molecular weight excluding hydrogens is 224 g/mol. The molecule has 0 saturated carbocycles. The van der Waals surface area contributed by atoms with Crippen LogP contribution in [0.15, 0.2) is 59.0 Å². The Morgan fingerprint density at radius 3 is 2.50 bits per heavy atom. The van der Waals surface area contributed by atoms with Crippen LogP contribution in [0.3, 0.4) is 0 Å². The fraction of sp³-hybridized carbons (Fsp3) is 0.0625. The van der Waals surface area contributed by atoms with Gasteiger partial charge in [-0.2, -0.15) is 0 Å². The van der Waals surface area contributed by atoms with Gasteiger partial charge in [-0.1, -0.05) is 42.5 Å². The van der Waals surface area contributed by atoms with Gasteiger partial charge in [0.15, 0.2) is 5.78 Å². The molecule has 2 heteroatoms. The van der Waals surface area contributed by atoms with Crippen molar-refractivity contribution >= 4 is 16.8 Å². The smallest absolute Gasteiger partial charge is 0.160 e. The molecule has 0 aliphatic rings. The molecule has 0 fully saturated rings. The molecular formula is C16H12O2. The Balaban J connectivity index is 2.23. The quantitative estimate of drug-likeness (QED) is 0.621. The predicted octanol–water partition coefficient (Wildman–Crippen LogP) is 4.30. The van der Waals surface area contributed by atoms with Gasteiger partial charge in [0.25, 0.3) is 0 Å². The van der Waals surface area contributed by atoms with Gasteiger partial charge < -0.3 is 4.42 Å². The molecule has 0 aliphatic carbocycles. The Bertz CT molecular complexity index is 708. The summed E-state index contributed by atoms with van der Waals surface area (Å²) < 4.78 is 5.79. The maximum Gasteiger partial charge on any atom is 0.160 e. The van der Waals surface area contributed by atoms with Gasteiger partial charge in [-0.3, -0.25) is 4.79 Å². The van der Waals surface area contributed by atoms with E-state index in [1.54, 1.807) is 6.92 Å². The number of furan rings is 1. The van der Waals surface area contributed by atoms with E-state index >= 15 is 0 Å². The normalized spacial score (nSPS) is 10.7. The lowest BCUT2D eigenvalue weighted by atomic mass is 10.1. The minimum Gasteiger partial charge on any atom is -0.456 e. The molecule has 1 heterocycles. The number of ketones is 1. The van der Waals surface area contributed by atoms with Gasteiger partial charge in [-0.15, -0.1) is 0 Å². The zero-order chi connectivity index (χ0) is 12.5. The lowest BCUT2D eigenvalue weighted by Gasteiger charge is -1.94. The average Bonchev–Trinajstić information content (AvgIpc) is 2.83. The summed E-state index contributed by atoms with van der Waals surface area (Å²) >= 11 is 0. The van der Waals surface area contributed by atoms with Gasteiger partial charge in [0, 0.05) is 16.5 Å². The first kappa shape index (κ1) is 10.8. The Morgan fingerprint density at radius 2 is 1.78 bits per heavy atom. The van der Waals surface area contributed by atoms with E-state index < -0.39 is 0 Å². The van der Waals surface area contributed by atoms with Crippen molar-refractivity contribution in [1.29, 1.82) is 0 Å². The molecule has 0 amide bonds. The number of Topliss-reactive ketones (excluding diaryl/α,β-unsaturated/α-hetero) is 1. The van der Waals surface area contributed by atoms with Crippen LogP contribution in [0.1, 0.15) is 17.3 Å². The molecule has 3 aromatic rings. The number of carbonyl (C=O) groups excluding carboxylic acids is 1. The number of hydrogen-bond donors (Lipinski definition) is 0. The summed E-state index contributed by atoms with van der Waals surface area (Å²) in [6.07, 6.45) is 0. The van der Waals surface area contributed by atoms with E-state index in [-0.39, 0.29) is 5.78 Å².